The van der Waals surface area contributed by atoms with Crippen LogP contribution in [0.5, 0.6) is 0 Å². The first-order valence-corrected chi connectivity index (χ1v) is 12.6. The first-order chi connectivity index (χ1) is 17.6. The fourth-order valence-corrected chi connectivity index (χ4v) is 4.00. The molecular formula is C27H37N7O3. The molecule has 3 rings (SSSR count). The molecule has 1 aliphatic rings. The number of benzene rings is 1. The van der Waals surface area contributed by atoms with E-state index >= 15 is 0 Å². The molecule has 1 aliphatic heterocycles. The van der Waals surface area contributed by atoms with E-state index in [9.17, 15) is 9.59 Å². The largest absolute Gasteiger partial charge is 0.444 e. The van der Waals surface area contributed by atoms with E-state index in [2.05, 4.69) is 37.6 Å². The Bertz CT molecular complexity index is 1080. The van der Waals surface area contributed by atoms with Gasteiger partial charge in [-0.1, -0.05) is 26.0 Å². The first kappa shape index (κ1) is 27.7. The van der Waals surface area contributed by atoms with Gasteiger partial charge in [0.2, 0.25) is 11.9 Å². The van der Waals surface area contributed by atoms with E-state index in [0.717, 1.165) is 29.9 Å². The second-order valence-electron chi connectivity index (χ2n) is 10.5. The smallest absolute Gasteiger partial charge is 0.410 e. The van der Waals surface area contributed by atoms with Gasteiger partial charge < -0.3 is 25.2 Å². The molecule has 0 aliphatic carbocycles. The van der Waals surface area contributed by atoms with Gasteiger partial charge in [-0.15, -0.1) is 0 Å². The highest BCUT2D eigenvalue weighted by Crippen LogP contribution is 2.24. The molecule has 198 valence electrons. The molecule has 10 heteroatoms. The van der Waals surface area contributed by atoms with Crippen LogP contribution >= 0.6 is 0 Å². The fourth-order valence-electron chi connectivity index (χ4n) is 4.00. The normalized spacial score (nSPS) is 14.6. The van der Waals surface area contributed by atoms with Crippen LogP contribution in [0.2, 0.25) is 0 Å². The maximum Gasteiger partial charge on any atom is 0.410 e. The standard InChI is InChI=1S/C27H37N7O3/c1-19(2)16-23(24(35)29-11-10-28)32-25-30-17-21(18-31-25)20-6-8-22(9-7-20)33-12-14-34(15-13-33)26(36)37-27(3,4)5/h6-9,17-19,23H,11-16H2,1-5H3,(H,29,35)(H,30,31,32). The first-order valence-electron chi connectivity index (χ1n) is 12.6. The lowest BCUT2D eigenvalue weighted by molar-refractivity contribution is -0.121. The highest BCUT2D eigenvalue weighted by Gasteiger charge is 2.26. The summed E-state index contributed by atoms with van der Waals surface area (Å²) in [6.45, 7) is 12.3. The Morgan fingerprint density at radius 2 is 1.68 bits per heavy atom. The van der Waals surface area contributed by atoms with Gasteiger partial charge in [-0.3, -0.25) is 4.79 Å². The van der Waals surface area contributed by atoms with Crippen molar-refractivity contribution in [2.24, 2.45) is 5.92 Å². The van der Waals surface area contributed by atoms with Crippen LogP contribution in [0, 0.1) is 17.2 Å². The van der Waals surface area contributed by atoms with Crippen molar-refractivity contribution in [2.45, 2.75) is 52.7 Å². The summed E-state index contributed by atoms with van der Waals surface area (Å²) in [5.41, 5.74) is 2.44. The number of nitrogens with zero attached hydrogens (tertiary/aromatic N) is 5. The van der Waals surface area contributed by atoms with Gasteiger partial charge in [0.25, 0.3) is 0 Å². The molecule has 0 spiro atoms. The SMILES string of the molecule is CC(C)CC(Nc1ncc(-c2ccc(N3CCN(C(=O)OC(C)(C)C)CC3)cc2)cn1)C(=O)NCC#N. The summed E-state index contributed by atoms with van der Waals surface area (Å²) < 4.78 is 5.48. The summed E-state index contributed by atoms with van der Waals surface area (Å²) in [4.78, 5) is 37.5. The van der Waals surface area contributed by atoms with Crippen LogP contribution in [0.3, 0.4) is 0 Å². The molecule has 1 unspecified atom stereocenters. The third kappa shape index (κ3) is 8.34. The Morgan fingerprint density at radius 1 is 1.05 bits per heavy atom. The number of ether oxygens (including phenoxy) is 1. The molecule has 2 aromatic rings. The number of rotatable bonds is 8. The predicted octanol–water partition coefficient (Wildman–Crippen LogP) is 3.67. The topological polar surface area (TPSA) is 123 Å². The highest BCUT2D eigenvalue weighted by molar-refractivity contribution is 5.84. The highest BCUT2D eigenvalue weighted by atomic mass is 16.6. The number of amides is 2. The number of nitriles is 1. The second kappa shape index (κ2) is 12.4. The Labute approximate surface area is 219 Å². The second-order valence-corrected chi connectivity index (χ2v) is 10.5. The van der Waals surface area contributed by atoms with E-state index in [1.807, 2.05) is 52.8 Å². The molecule has 1 atom stereocenters. The molecule has 37 heavy (non-hydrogen) atoms. The van der Waals surface area contributed by atoms with Crippen molar-refractivity contribution in [2.75, 3.05) is 42.9 Å². The summed E-state index contributed by atoms with van der Waals surface area (Å²) in [5, 5.41) is 14.4. The zero-order valence-corrected chi connectivity index (χ0v) is 22.3. The number of aromatic nitrogens is 2. The number of carbonyl (C=O) groups excluding carboxylic acids is 2. The minimum absolute atomic E-state index is 0.0374. The van der Waals surface area contributed by atoms with Crippen molar-refractivity contribution >= 4 is 23.6 Å². The lowest BCUT2D eigenvalue weighted by atomic mass is 10.0. The quantitative estimate of drug-likeness (QED) is 0.519. The van der Waals surface area contributed by atoms with Crippen molar-refractivity contribution in [3.63, 3.8) is 0 Å². The number of hydrogen-bond acceptors (Lipinski definition) is 8. The van der Waals surface area contributed by atoms with Crippen LogP contribution in [0.25, 0.3) is 11.1 Å². The van der Waals surface area contributed by atoms with Crippen LogP contribution in [0.1, 0.15) is 41.0 Å². The summed E-state index contributed by atoms with van der Waals surface area (Å²) >= 11 is 0. The molecule has 2 heterocycles. The average Bonchev–Trinajstić information content (AvgIpc) is 2.86. The van der Waals surface area contributed by atoms with Crippen LogP contribution in [0.4, 0.5) is 16.4 Å². The predicted molar refractivity (Wildman–Crippen MR) is 143 cm³/mol. The van der Waals surface area contributed by atoms with E-state index in [-0.39, 0.29) is 24.5 Å². The number of anilines is 2. The van der Waals surface area contributed by atoms with Gasteiger partial charge >= 0.3 is 6.09 Å². The third-order valence-corrected chi connectivity index (χ3v) is 5.82. The van der Waals surface area contributed by atoms with Gasteiger partial charge in [0.15, 0.2) is 0 Å². The molecule has 2 N–H and O–H groups in total. The van der Waals surface area contributed by atoms with Gasteiger partial charge in [-0.25, -0.2) is 14.8 Å². The maximum absolute atomic E-state index is 12.4. The molecule has 1 saturated heterocycles. The number of piperazine rings is 1. The van der Waals surface area contributed by atoms with Crippen LogP contribution in [-0.2, 0) is 9.53 Å². The van der Waals surface area contributed by atoms with Gasteiger partial charge in [0.05, 0.1) is 6.07 Å². The summed E-state index contributed by atoms with van der Waals surface area (Å²) in [5.74, 6) is 0.398. The Hall–Kier alpha value is -3.87. The van der Waals surface area contributed by atoms with Crippen LogP contribution in [-0.4, -0.2) is 71.2 Å². The summed E-state index contributed by atoms with van der Waals surface area (Å²) in [6, 6.07) is 9.57. The van der Waals surface area contributed by atoms with E-state index in [4.69, 9.17) is 10.00 Å². The minimum atomic E-state index is -0.519. The number of carbonyl (C=O) groups is 2. The summed E-state index contributed by atoms with van der Waals surface area (Å²) in [6.07, 6.45) is 3.78. The van der Waals surface area contributed by atoms with Crippen molar-refractivity contribution in [3.8, 4) is 17.2 Å². The van der Waals surface area contributed by atoms with Crippen molar-refractivity contribution in [1.29, 1.82) is 5.26 Å². The Balaban J connectivity index is 1.58. The van der Waals surface area contributed by atoms with Crippen molar-refractivity contribution in [3.05, 3.63) is 36.7 Å². The molecule has 0 radical (unpaired) electrons. The molecule has 1 fully saturated rings. The molecule has 10 nitrogen and oxygen atoms in total. The Kier molecular flexibility index (Phi) is 9.28. The van der Waals surface area contributed by atoms with E-state index in [1.165, 1.54) is 0 Å². The Morgan fingerprint density at radius 3 is 2.22 bits per heavy atom. The minimum Gasteiger partial charge on any atom is -0.444 e. The number of nitrogens with one attached hydrogen (secondary N) is 2. The van der Waals surface area contributed by atoms with Crippen molar-refractivity contribution in [1.82, 2.24) is 20.2 Å². The lowest BCUT2D eigenvalue weighted by Crippen LogP contribution is -2.50. The molecule has 1 aromatic carbocycles. The molecule has 0 saturated carbocycles. The van der Waals surface area contributed by atoms with Gasteiger partial charge in [-0.2, -0.15) is 5.26 Å². The molecular weight excluding hydrogens is 470 g/mol. The van der Waals surface area contributed by atoms with E-state index < -0.39 is 11.6 Å². The third-order valence-electron chi connectivity index (χ3n) is 5.82. The fraction of sp³-hybridized carbons (Fsp3) is 0.519. The van der Waals surface area contributed by atoms with Gasteiger partial charge in [-0.05, 0) is 50.8 Å². The monoisotopic (exact) mass is 507 g/mol. The lowest BCUT2D eigenvalue weighted by Gasteiger charge is -2.36. The zero-order valence-electron chi connectivity index (χ0n) is 22.3. The molecule has 2 amide bonds. The van der Waals surface area contributed by atoms with Gasteiger partial charge in [0, 0.05) is 49.8 Å². The number of hydrogen-bond donors (Lipinski definition) is 2. The zero-order chi connectivity index (χ0) is 27.0. The van der Waals surface area contributed by atoms with Crippen LogP contribution < -0.4 is 15.5 Å². The molecule has 1 aromatic heterocycles. The van der Waals surface area contributed by atoms with Crippen molar-refractivity contribution < 1.29 is 14.3 Å². The van der Waals surface area contributed by atoms with E-state index in [1.54, 1.807) is 17.3 Å². The average molecular weight is 508 g/mol. The van der Waals surface area contributed by atoms with E-state index in [0.29, 0.717) is 25.5 Å². The summed E-state index contributed by atoms with van der Waals surface area (Å²) in [7, 11) is 0. The van der Waals surface area contributed by atoms with Crippen LogP contribution in [0.15, 0.2) is 36.7 Å². The van der Waals surface area contributed by atoms with Gasteiger partial charge in [0.1, 0.15) is 18.2 Å². The molecule has 0 bridgehead atoms. The maximum atomic E-state index is 12.4.